The molecule has 0 saturated carbocycles. The number of hydrogen-bond acceptors (Lipinski definition) is 3. The Kier molecular flexibility index (Phi) is 3.40. The van der Waals surface area contributed by atoms with Crippen molar-refractivity contribution in [3.8, 4) is 0 Å². The third kappa shape index (κ3) is 2.17. The third-order valence-corrected chi connectivity index (χ3v) is 3.03. The van der Waals surface area contributed by atoms with Gasteiger partial charge in [-0.15, -0.1) is 0 Å². The number of rotatable bonds is 2. The smallest absolute Gasteiger partial charge is 0.376 e. The molecule has 7 heteroatoms. The van der Waals surface area contributed by atoms with Crippen LogP contribution in [0.5, 0.6) is 0 Å². The predicted octanol–water partition coefficient (Wildman–Crippen LogP) is 2.98. The molecule has 0 amide bonds. The van der Waals surface area contributed by atoms with Gasteiger partial charge in [-0.1, -0.05) is 0 Å². The van der Waals surface area contributed by atoms with Crippen LogP contribution in [0.2, 0.25) is 0 Å². The van der Waals surface area contributed by atoms with Crippen molar-refractivity contribution >= 4 is 5.69 Å². The van der Waals surface area contributed by atoms with Gasteiger partial charge in [-0.3, -0.25) is 10.1 Å². The number of benzene rings is 1. The molecule has 1 atom stereocenters. The summed E-state index contributed by atoms with van der Waals surface area (Å²) < 4.78 is 38.1. The first-order chi connectivity index (χ1) is 8.00. The number of halogens is 3. The van der Waals surface area contributed by atoms with Crippen LogP contribution < -0.4 is 0 Å². The van der Waals surface area contributed by atoms with Crippen molar-refractivity contribution in [1.29, 1.82) is 0 Å². The van der Waals surface area contributed by atoms with Gasteiger partial charge in [-0.05, 0) is 38.0 Å². The normalized spacial score (nSPS) is 15.3. The molecule has 0 aliphatic heterocycles. The van der Waals surface area contributed by atoms with Crippen LogP contribution in [0, 0.1) is 24.0 Å². The van der Waals surface area contributed by atoms with E-state index in [0.29, 0.717) is 6.92 Å². The van der Waals surface area contributed by atoms with Crippen molar-refractivity contribution in [1.82, 2.24) is 0 Å². The molecule has 18 heavy (non-hydrogen) atoms. The van der Waals surface area contributed by atoms with E-state index in [0.717, 1.165) is 12.1 Å². The van der Waals surface area contributed by atoms with Gasteiger partial charge in [-0.2, -0.15) is 13.2 Å². The summed E-state index contributed by atoms with van der Waals surface area (Å²) in [6.07, 6.45) is -4.85. The Labute approximate surface area is 101 Å². The van der Waals surface area contributed by atoms with Gasteiger partial charge in [0.15, 0.2) is 5.60 Å². The monoisotopic (exact) mass is 263 g/mol. The van der Waals surface area contributed by atoms with E-state index in [1.807, 2.05) is 0 Å². The van der Waals surface area contributed by atoms with Crippen molar-refractivity contribution < 1.29 is 23.2 Å². The summed E-state index contributed by atoms with van der Waals surface area (Å²) >= 11 is 0. The summed E-state index contributed by atoms with van der Waals surface area (Å²) in [6, 6.07) is 1.91. The lowest BCUT2D eigenvalue weighted by atomic mass is 9.88. The minimum atomic E-state index is -4.85. The van der Waals surface area contributed by atoms with E-state index in [2.05, 4.69) is 0 Å². The highest BCUT2D eigenvalue weighted by Gasteiger charge is 2.52. The van der Waals surface area contributed by atoms with Gasteiger partial charge < -0.3 is 5.11 Å². The predicted molar refractivity (Wildman–Crippen MR) is 58.2 cm³/mol. The molecule has 0 spiro atoms. The molecule has 1 unspecified atom stereocenters. The van der Waals surface area contributed by atoms with E-state index in [1.165, 1.54) is 13.8 Å². The highest BCUT2D eigenvalue weighted by Crippen LogP contribution is 2.41. The minimum Gasteiger partial charge on any atom is -0.376 e. The van der Waals surface area contributed by atoms with E-state index < -0.39 is 16.7 Å². The average Bonchev–Trinajstić information content (AvgIpc) is 2.19. The summed E-state index contributed by atoms with van der Waals surface area (Å²) in [4.78, 5) is 9.98. The van der Waals surface area contributed by atoms with Crippen molar-refractivity contribution in [2.75, 3.05) is 0 Å². The lowest BCUT2D eigenvalue weighted by molar-refractivity contribution is -0.385. The Morgan fingerprint density at radius 3 is 2.11 bits per heavy atom. The number of nitro groups is 1. The van der Waals surface area contributed by atoms with Gasteiger partial charge in [0.05, 0.1) is 4.92 Å². The first kappa shape index (κ1) is 14.4. The molecular weight excluding hydrogens is 251 g/mol. The van der Waals surface area contributed by atoms with Gasteiger partial charge in [0.1, 0.15) is 0 Å². The summed E-state index contributed by atoms with van der Waals surface area (Å²) in [5.41, 5.74) is -3.50. The first-order valence-corrected chi connectivity index (χ1v) is 5.04. The average molecular weight is 263 g/mol. The quantitative estimate of drug-likeness (QED) is 0.659. The number of nitro benzene ring substituents is 1. The Bertz CT molecular complexity index is 495. The molecule has 4 nitrogen and oxygen atoms in total. The van der Waals surface area contributed by atoms with Crippen molar-refractivity contribution in [2.45, 2.75) is 32.5 Å². The number of nitrogens with zero attached hydrogens (tertiary/aromatic N) is 1. The fourth-order valence-electron chi connectivity index (χ4n) is 1.68. The number of aliphatic hydroxyl groups is 1. The van der Waals surface area contributed by atoms with E-state index >= 15 is 0 Å². The molecule has 100 valence electrons. The molecule has 1 aromatic rings. The molecule has 0 fully saturated rings. The second-order valence-corrected chi connectivity index (χ2v) is 4.21. The van der Waals surface area contributed by atoms with Crippen molar-refractivity contribution in [3.05, 3.63) is 38.9 Å². The van der Waals surface area contributed by atoms with Crippen LogP contribution >= 0.6 is 0 Å². The molecule has 0 saturated heterocycles. The SMILES string of the molecule is Cc1c([N+](=O)[O-])ccc(C(C)(O)C(F)(F)F)c1C. The topological polar surface area (TPSA) is 63.4 Å². The maximum Gasteiger partial charge on any atom is 0.421 e. The lowest BCUT2D eigenvalue weighted by Gasteiger charge is -2.28. The number of alkyl halides is 3. The standard InChI is InChI=1S/C11H12F3NO3/c1-6-7(2)9(15(17)18)5-4-8(6)10(3,16)11(12,13)14/h4-5,16H,1-3H3. The van der Waals surface area contributed by atoms with E-state index in [9.17, 15) is 28.4 Å². The van der Waals surface area contributed by atoms with Crippen molar-refractivity contribution in [3.63, 3.8) is 0 Å². The van der Waals surface area contributed by atoms with Gasteiger partial charge in [0.2, 0.25) is 0 Å². The first-order valence-electron chi connectivity index (χ1n) is 5.04. The third-order valence-electron chi connectivity index (χ3n) is 3.03. The summed E-state index contributed by atoms with van der Waals surface area (Å²) in [7, 11) is 0. The van der Waals surface area contributed by atoms with Crippen LogP contribution in [0.1, 0.15) is 23.6 Å². The van der Waals surface area contributed by atoms with Crippen LogP contribution in [0.3, 0.4) is 0 Å². The molecule has 1 aromatic carbocycles. The van der Waals surface area contributed by atoms with Crippen LogP contribution in [-0.4, -0.2) is 16.2 Å². The van der Waals surface area contributed by atoms with E-state index in [4.69, 9.17) is 0 Å². The van der Waals surface area contributed by atoms with Crippen LogP contribution in [0.15, 0.2) is 12.1 Å². The van der Waals surface area contributed by atoms with Crippen molar-refractivity contribution in [2.24, 2.45) is 0 Å². The number of hydrogen-bond donors (Lipinski definition) is 1. The Hall–Kier alpha value is -1.63. The summed E-state index contributed by atoms with van der Waals surface area (Å²) in [6.45, 7) is 3.29. The second-order valence-electron chi connectivity index (χ2n) is 4.21. The molecule has 0 bridgehead atoms. The maximum atomic E-state index is 12.7. The van der Waals surface area contributed by atoms with Gasteiger partial charge >= 0.3 is 6.18 Å². The van der Waals surface area contributed by atoms with Crippen LogP contribution in [0.4, 0.5) is 18.9 Å². The van der Waals surface area contributed by atoms with Crippen LogP contribution in [-0.2, 0) is 5.60 Å². The van der Waals surface area contributed by atoms with Gasteiger partial charge in [0.25, 0.3) is 5.69 Å². The fraction of sp³-hybridized carbons (Fsp3) is 0.455. The molecule has 0 heterocycles. The Morgan fingerprint density at radius 1 is 1.22 bits per heavy atom. The van der Waals surface area contributed by atoms with Crippen LogP contribution in [0.25, 0.3) is 0 Å². The summed E-state index contributed by atoms with van der Waals surface area (Å²) in [5.74, 6) is 0. The second kappa shape index (κ2) is 4.24. The molecule has 0 aliphatic carbocycles. The zero-order valence-electron chi connectivity index (χ0n) is 10.00. The zero-order chi connectivity index (χ0) is 14.3. The fourth-order valence-corrected chi connectivity index (χ4v) is 1.68. The highest BCUT2D eigenvalue weighted by molar-refractivity contribution is 5.50. The van der Waals surface area contributed by atoms with Gasteiger partial charge in [-0.25, -0.2) is 0 Å². The molecule has 1 N–H and O–H groups in total. The largest absolute Gasteiger partial charge is 0.421 e. The molecule has 0 aliphatic rings. The molecule has 0 aromatic heterocycles. The van der Waals surface area contributed by atoms with E-state index in [-0.39, 0.29) is 22.4 Å². The Balaban J connectivity index is 3.47. The minimum absolute atomic E-state index is 0.0616. The molecule has 0 radical (unpaired) electrons. The Morgan fingerprint density at radius 2 is 1.72 bits per heavy atom. The van der Waals surface area contributed by atoms with E-state index in [1.54, 1.807) is 0 Å². The molecular formula is C11H12F3NO3. The maximum absolute atomic E-state index is 12.7. The highest BCUT2D eigenvalue weighted by atomic mass is 19.4. The van der Waals surface area contributed by atoms with Gasteiger partial charge in [0, 0.05) is 11.6 Å². The molecule has 1 rings (SSSR count). The summed E-state index contributed by atoms with van der Waals surface area (Å²) in [5, 5.41) is 20.2. The lowest BCUT2D eigenvalue weighted by Crippen LogP contribution is -2.40. The zero-order valence-corrected chi connectivity index (χ0v) is 10.00.